The Morgan fingerprint density at radius 2 is 1.77 bits per heavy atom. The van der Waals surface area contributed by atoms with E-state index in [1.54, 1.807) is 7.11 Å². The summed E-state index contributed by atoms with van der Waals surface area (Å²) in [7, 11) is 1.78. The fourth-order valence-electron chi connectivity index (χ4n) is 3.95. The van der Waals surface area contributed by atoms with Crippen molar-refractivity contribution in [2.45, 2.75) is 51.1 Å². The Bertz CT molecular complexity index is 553. The quantitative estimate of drug-likeness (QED) is 0.749. The summed E-state index contributed by atoms with van der Waals surface area (Å²) in [4.78, 5) is 16.6. The van der Waals surface area contributed by atoms with E-state index in [2.05, 4.69) is 17.0 Å². The van der Waals surface area contributed by atoms with Gasteiger partial charge in [-0.05, 0) is 56.3 Å². The number of carbonyl (C=O) groups is 1. The van der Waals surface area contributed by atoms with Gasteiger partial charge in [0.1, 0.15) is 5.75 Å². The third kappa shape index (κ3) is 5.45. The third-order valence-electron chi connectivity index (χ3n) is 5.49. The van der Waals surface area contributed by atoms with Crippen molar-refractivity contribution in [2.24, 2.45) is 0 Å². The number of carbonyl (C=O) groups excluding carboxylic acids is 1. The standard InChI is InChI=1S/C21H32N2O3/c1-25-16-19-7-3-6-14-23(19)15-18-8-10-20(11-9-18)26-17-21(24)22-12-4-2-5-13-22/h8-11,19H,2-7,12-17H2,1H3. The van der Waals surface area contributed by atoms with Crippen molar-refractivity contribution in [3.8, 4) is 5.75 Å². The molecule has 0 radical (unpaired) electrons. The Morgan fingerprint density at radius 1 is 1.04 bits per heavy atom. The van der Waals surface area contributed by atoms with Crippen molar-refractivity contribution in [1.82, 2.24) is 9.80 Å². The van der Waals surface area contributed by atoms with Crippen LogP contribution < -0.4 is 4.74 Å². The fourth-order valence-corrected chi connectivity index (χ4v) is 3.95. The number of nitrogens with zero attached hydrogens (tertiary/aromatic N) is 2. The largest absolute Gasteiger partial charge is 0.484 e. The molecule has 0 bridgehead atoms. The van der Waals surface area contributed by atoms with Crippen molar-refractivity contribution in [3.05, 3.63) is 29.8 Å². The van der Waals surface area contributed by atoms with Gasteiger partial charge in [-0.15, -0.1) is 0 Å². The normalized spacial score (nSPS) is 21.6. The van der Waals surface area contributed by atoms with Gasteiger partial charge < -0.3 is 14.4 Å². The predicted molar refractivity (Wildman–Crippen MR) is 102 cm³/mol. The molecule has 1 atom stereocenters. The van der Waals surface area contributed by atoms with Crippen LogP contribution in [-0.2, 0) is 16.1 Å². The number of rotatable bonds is 7. The van der Waals surface area contributed by atoms with E-state index in [1.165, 1.54) is 31.2 Å². The summed E-state index contributed by atoms with van der Waals surface area (Å²) in [6, 6.07) is 8.70. The lowest BCUT2D eigenvalue weighted by Crippen LogP contribution is -2.41. The van der Waals surface area contributed by atoms with Gasteiger partial charge in [0.15, 0.2) is 6.61 Å². The van der Waals surface area contributed by atoms with Crippen molar-refractivity contribution in [1.29, 1.82) is 0 Å². The molecule has 2 aliphatic heterocycles. The first-order chi connectivity index (χ1) is 12.8. The van der Waals surface area contributed by atoms with E-state index >= 15 is 0 Å². The lowest BCUT2D eigenvalue weighted by Gasteiger charge is -2.35. The first-order valence-electron chi connectivity index (χ1n) is 9.99. The number of ether oxygens (including phenoxy) is 2. The molecule has 1 amide bonds. The second-order valence-corrected chi connectivity index (χ2v) is 7.45. The third-order valence-corrected chi connectivity index (χ3v) is 5.49. The Hall–Kier alpha value is -1.59. The summed E-state index contributed by atoms with van der Waals surface area (Å²) in [5.41, 5.74) is 1.28. The van der Waals surface area contributed by atoms with Crippen LogP contribution in [0.25, 0.3) is 0 Å². The van der Waals surface area contributed by atoms with Gasteiger partial charge in [0.05, 0.1) is 6.61 Å². The minimum Gasteiger partial charge on any atom is -0.484 e. The maximum atomic E-state index is 12.2. The Morgan fingerprint density at radius 3 is 2.50 bits per heavy atom. The van der Waals surface area contributed by atoms with Gasteiger partial charge in [-0.1, -0.05) is 18.6 Å². The number of hydrogen-bond acceptors (Lipinski definition) is 4. The topological polar surface area (TPSA) is 42.0 Å². The average molecular weight is 360 g/mol. The van der Waals surface area contributed by atoms with Gasteiger partial charge in [-0.3, -0.25) is 9.69 Å². The first-order valence-corrected chi connectivity index (χ1v) is 9.99. The summed E-state index contributed by atoms with van der Waals surface area (Å²) in [5.74, 6) is 0.871. The lowest BCUT2D eigenvalue weighted by atomic mass is 10.0. The van der Waals surface area contributed by atoms with E-state index in [0.717, 1.165) is 51.4 Å². The molecule has 144 valence electrons. The Kier molecular flexibility index (Phi) is 7.32. The highest BCUT2D eigenvalue weighted by Gasteiger charge is 2.22. The number of methoxy groups -OCH3 is 1. The second-order valence-electron chi connectivity index (χ2n) is 7.45. The zero-order chi connectivity index (χ0) is 18.2. The highest BCUT2D eigenvalue weighted by molar-refractivity contribution is 5.77. The molecule has 2 heterocycles. The molecule has 3 rings (SSSR count). The molecular formula is C21H32N2O3. The van der Waals surface area contributed by atoms with Gasteiger partial charge in [-0.25, -0.2) is 0 Å². The zero-order valence-electron chi connectivity index (χ0n) is 16.0. The molecule has 0 saturated carbocycles. The first kappa shape index (κ1) is 19.2. The van der Waals surface area contributed by atoms with E-state index in [1.807, 2.05) is 17.0 Å². The molecule has 1 aromatic carbocycles. The molecule has 0 spiro atoms. The van der Waals surface area contributed by atoms with Crippen molar-refractivity contribution in [2.75, 3.05) is 40.0 Å². The van der Waals surface area contributed by atoms with Crippen LogP contribution in [0.15, 0.2) is 24.3 Å². The zero-order valence-corrected chi connectivity index (χ0v) is 16.0. The number of hydrogen-bond donors (Lipinski definition) is 0. The molecule has 2 aliphatic rings. The summed E-state index contributed by atoms with van der Waals surface area (Å²) in [6.45, 7) is 4.78. The highest BCUT2D eigenvalue weighted by atomic mass is 16.5. The molecule has 1 unspecified atom stereocenters. The molecule has 5 nitrogen and oxygen atoms in total. The summed E-state index contributed by atoms with van der Waals surface area (Å²) >= 11 is 0. The molecule has 1 aromatic rings. The summed E-state index contributed by atoms with van der Waals surface area (Å²) < 4.78 is 11.1. The SMILES string of the molecule is COCC1CCCCN1Cc1ccc(OCC(=O)N2CCCCC2)cc1. The van der Waals surface area contributed by atoms with E-state index in [9.17, 15) is 4.79 Å². The van der Waals surface area contributed by atoms with Crippen LogP contribution in [0.5, 0.6) is 5.75 Å². The van der Waals surface area contributed by atoms with Crippen LogP contribution in [0, 0.1) is 0 Å². The van der Waals surface area contributed by atoms with Crippen molar-refractivity contribution in [3.63, 3.8) is 0 Å². The average Bonchev–Trinajstić information content (AvgIpc) is 2.69. The molecule has 0 aromatic heterocycles. The van der Waals surface area contributed by atoms with E-state index in [0.29, 0.717) is 6.04 Å². The molecule has 2 saturated heterocycles. The molecule has 0 aliphatic carbocycles. The maximum Gasteiger partial charge on any atom is 0.260 e. The van der Waals surface area contributed by atoms with Gasteiger partial charge in [0.25, 0.3) is 5.91 Å². The smallest absolute Gasteiger partial charge is 0.260 e. The molecule has 2 fully saturated rings. The van der Waals surface area contributed by atoms with E-state index in [-0.39, 0.29) is 12.5 Å². The van der Waals surface area contributed by atoms with Crippen LogP contribution in [0.2, 0.25) is 0 Å². The van der Waals surface area contributed by atoms with E-state index < -0.39 is 0 Å². The number of benzene rings is 1. The van der Waals surface area contributed by atoms with Gasteiger partial charge >= 0.3 is 0 Å². The maximum absolute atomic E-state index is 12.2. The van der Waals surface area contributed by atoms with E-state index in [4.69, 9.17) is 9.47 Å². The molecule has 5 heteroatoms. The molecule has 26 heavy (non-hydrogen) atoms. The van der Waals surface area contributed by atoms with Crippen molar-refractivity contribution >= 4 is 5.91 Å². The van der Waals surface area contributed by atoms with Gasteiger partial charge in [0.2, 0.25) is 0 Å². The number of amides is 1. The second kappa shape index (κ2) is 9.93. The van der Waals surface area contributed by atoms with Crippen LogP contribution in [0.1, 0.15) is 44.1 Å². The monoisotopic (exact) mass is 360 g/mol. The number of likely N-dealkylation sites (tertiary alicyclic amines) is 2. The van der Waals surface area contributed by atoms with Gasteiger partial charge in [0, 0.05) is 32.8 Å². The van der Waals surface area contributed by atoms with Gasteiger partial charge in [-0.2, -0.15) is 0 Å². The van der Waals surface area contributed by atoms with Crippen LogP contribution in [0.3, 0.4) is 0 Å². The summed E-state index contributed by atoms with van der Waals surface area (Å²) in [6.07, 6.45) is 7.23. The summed E-state index contributed by atoms with van der Waals surface area (Å²) in [5, 5.41) is 0. The van der Waals surface area contributed by atoms with Crippen LogP contribution >= 0.6 is 0 Å². The predicted octanol–water partition coefficient (Wildman–Crippen LogP) is 3.08. The number of piperidine rings is 2. The Labute approximate surface area is 157 Å². The molecular weight excluding hydrogens is 328 g/mol. The van der Waals surface area contributed by atoms with Crippen LogP contribution in [0.4, 0.5) is 0 Å². The van der Waals surface area contributed by atoms with Crippen molar-refractivity contribution < 1.29 is 14.3 Å². The highest BCUT2D eigenvalue weighted by Crippen LogP contribution is 2.21. The fraction of sp³-hybridized carbons (Fsp3) is 0.667. The minimum absolute atomic E-state index is 0.101. The minimum atomic E-state index is 0.101. The lowest BCUT2D eigenvalue weighted by molar-refractivity contribution is -0.134. The molecule has 0 N–H and O–H groups in total. The Balaban J connectivity index is 1.47. The van der Waals surface area contributed by atoms with Crippen LogP contribution in [-0.4, -0.2) is 61.7 Å².